The van der Waals surface area contributed by atoms with Crippen molar-refractivity contribution in [1.82, 2.24) is 24.9 Å². The largest absolute Gasteiger partial charge is 0.333 e. The van der Waals surface area contributed by atoms with Crippen molar-refractivity contribution in [2.24, 2.45) is 0 Å². The van der Waals surface area contributed by atoms with Crippen LogP contribution in [0.5, 0.6) is 0 Å². The molecule has 0 saturated carbocycles. The van der Waals surface area contributed by atoms with Crippen LogP contribution in [-0.2, 0) is 0 Å². The summed E-state index contributed by atoms with van der Waals surface area (Å²) in [6, 6.07) is 63.5. The molecule has 292 valence electrons. The molecule has 62 heavy (non-hydrogen) atoms. The second-order valence-electron chi connectivity index (χ2n) is 15.6. The van der Waals surface area contributed by atoms with Gasteiger partial charge >= 0.3 is 0 Å². The quantitative estimate of drug-likeness (QED) is 0.160. The summed E-state index contributed by atoms with van der Waals surface area (Å²) < 4.78 is 2.32. The van der Waals surface area contributed by atoms with Crippen molar-refractivity contribution in [3.63, 3.8) is 0 Å². The zero-order valence-corrected chi connectivity index (χ0v) is 34.2. The van der Waals surface area contributed by atoms with Gasteiger partial charge in [-0.15, -0.1) is 11.3 Å². The van der Waals surface area contributed by atoms with Crippen LogP contribution in [0.4, 0.5) is 11.4 Å². The fourth-order valence-corrected chi connectivity index (χ4v) is 10.1. The maximum atomic E-state index is 5.23. The van der Waals surface area contributed by atoms with E-state index in [9.17, 15) is 0 Å². The Morgan fingerprint density at radius 3 is 1.76 bits per heavy atom. The van der Waals surface area contributed by atoms with Crippen LogP contribution in [0, 0.1) is 0 Å². The molecule has 3 aromatic heterocycles. The number of rotatable bonds is 7. The number of benzene rings is 7. The number of thiophene rings is 1. The Kier molecular flexibility index (Phi) is 8.71. The summed E-state index contributed by atoms with van der Waals surface area (Å²) in [5.74, 6) is 2.62. The smallest absolute Gasteiger partial charge is 0.164 e. The molecule has 0 bridgehead atoms. The third-order valence-corrected chi connectivity index (χ3v) is 13.0. The van der Waals surface area contributed by atoms with E-state index in [1.54, 1.807) is 11.3 Å². The van der Waals surface area contributed by atoms with Gasteiger partial charge in [-0.2, -0.15) is 0 Å². The maximum absolute atomic E-state index is 5.23. The van der Waals surface area contributed by atoms with Crippen LogP contribution in [0.25, 0.3) is 93.8 Å². The van der Waals surface area contributed by atoms with E-state index in [0.717, 1.165) is 55.9 Å². The highest BCUT2D eigenvalue weighted by molar-refractivity contribution is 7.26. The minimum atomic E-state index is 0.237. The monoisotopic (exact) mass is 812 g/mol. The topological polar surface area (TPSA) is 67.7 Å². The maximum Gasteiger partial charge on any atom is 0.164 e. The molecule has 7 aromatic carbocycles. The Balaban J connectivity index is 0.982. The lowest BCUT2D eigenvalue weighted by molar-refractivity contribution is 0.829. The molecule has 0 N–H and O–H groups in total. The molecule has 0 amide bonds. The van der Waals surface area contributed by atoms with Crippen molar-refractivity contribution < 1.29 is 0 Å². The number of hydrogen-bond acceptors (Lipinski definition) is 7. The average molecular weight is 813 g/mol. The predicted octanol–water partition coefficient (Wildman–Crippen LogP) is 13.9. The van der Waals surface area contributed by atoms with Gasteiger partial charge in [0.2, 0.25) is 0 Å². The van der Waals surface area contributed by atoms with E-state index in [0.29, 0.717) is 23.3 Å². The summed E-state index contributed by atoms with van der Waals surface area (Å²) in [5, 5.41) is 2.36. The molecule has 12 rings (SSSR count). The van der Waals surface area contributed by atoms with Gasteiger partial charge in [0.15, 0.2) is 23.3 Å². The average Bonchev–Trinajstić information content (AvgIpc) is 3.90. The Morgan fingerprint density at radius 1 is 0.452 bits per heavy atom. The van der Waals surface area contributed by atoms with Crippen LogP contribution in [0.1, 0.15) is 12.0 Å². The van der Waals surface area contributed by atoms with Gasteiger partial charge in [-0.3, -0.25) is 0 Å². The second kappa shape index (κ2) is 15.0. The first kappa shape index (κ1) is 36.0. The zero-order valence-electron chi connectivity index (χ0n) is 33.4. The van der Waals surface area contributed by atoms with E-state index in [1.807, 2.05) is 54.6 Å². The number of para-hydroxylation sites is 1. The molecule has 7 heteroatoms. The predicted molar refractivity (Wildman–Crippen MR) is 255 cm³/mol. The van der Waals surface area contributed by atoms with Gasteiger partial charge in [-0.25, -0.2) is 24.9 Å². The van der Waals surface area contributed by atoms with E-state index in [1.165, 1.54) is 38.0 Å². The SMILES string of the molecule is C1=CCC2C(=C1)c1cc(-c3nc(-c4ccccc4)nc(-c4ccc5c(c4)sc4c(-c6cc(-c7ccccc7)nc(-c7ccccc7)n6)cccc45)n3)ccc1N2c1ccccc1. The summed E-state index contributed by atoms with van der Waals surface area (Å²) in [7, 11) is 0. The zero-order chi connectivity index (χ0) is 41.0. The molecular weight excluding hydrogens is 777 g/mol. The Hall–Kier alpha value is -7.87. The van der Waals surface area contributed by atoms with Crippen molar-refractivity contribution >= 4 is 48.5 Å². The first-order valence-electron chi connectivity index (χ1n) is 20.9. The Morgan fingerprint density at radius 2 is 1.05 bits per heavy atom. The fraction of sp³-hybridized carbons (Fsp3) is 0.0364. The molecule has 1 atom stereocenters. The minimum Gasteiger partial charge on any atom is -0.333 e. The second-order valence-corrected chi connectivity index (χ2v) is 16.7. The first-order chi connectivity index (χ1) is 30.7. The summed E-state index contributed by atoms with van der Waals surface area (Å²) >= 11 is 1.77. The number of fused-ring (bicyclic) bond motifs is 6. The summed E-state index contributed by atoms with van der Waals surface area (Å²) in [6.07, 6.45) is 7.64. The molecule has 6 nitrogen and oxygen atoms in total. The highest BCUT2D eigenvalue weighted by atomic mass is 32.1. The number of nitrogens with zero attached hydrogens (tertiary/aromatic N) is 6. The third kappa shape index (κ3) is 6.30. The van der Waals surface area contributed by atoms with Gasteiger partial charge in [0, 0.05) is 70.5 Å². The first-order valence-corrected chi connectivity index (χ1v) is 21.7. The molecule has 1 unspecified atom stereocenters. The van der Waals surface area contributed by atoms with Crippen LogP contribution >= 0.6 is 11.3 Å². The van der Waals surface area contributed by atoms with Crippen LogP contribution in [0.3, 0.4) is 0 Å². The van der Waals surface area contributed by atoms with Crippen molar-refractivity contribution in [2.45, 2.75) is 12.5 Å². The third-order valence-electron chi connectivity index (χ3n) is 11.8. The molecule has 0 radical (unpaired) electrons. The Labute approximate surface area is 362 Å². The molecule has 0 fully saturated rings. The van der Waals surface area contributed by atoms with E-state index in [4.69, 9.17) is 24.9 Å². The minimum absolute atomic E-state index is 0.237. The van der Waals surface area contributed by atoms with Crippen LogP contribution < -0.4 is 4.90 Å². The number of allylic oxidation sites excluding steroid dienone is 2. The number of anilines is 2. The fourth-order valence-electron chi connectivity index (χ4n) is 8.87. The van der Waals surface area contributed by atoms with Crippen molar-refractivity contribution in [1.29, 1.82) is 0 Å². The molecule has 2 aliphatic rings. The normalized spacial score (nSPS) is 14.2. The highest BCUT2D eigenvalue weighted by Gasteiger charge is 2.35. The Bertz CT molecular complexity index is 3320. The van der Waals surface area contributed by atoms with Crippen molar-refractivity contribution in [3.05, 3.63) is 206 Å². The highest BCUT2D eigenvalue weighted by Crippen LogP contribution is 2.48. The lowest BCUT2D eigenvalue weighted by atomic mass is 9.95. The van der Waals surface area contributed by atoms with E-state index < -0.39 is 0 Å². The van der Waals surface area contributed by atoms with Crippen LogP contribution in [0.2, 0.25) is 0 Å². The van der Waals surface area contributed by atoms with Gasteiger partial charge in [-0.1, -0.05) is 158 Å². The summed E-state index contributed by atoms with van der Waals surface area (Å²) in [6.45, 7) is 0. The molecule has 1 aliphatic heterocycles. The lowest BCUT2D eigenvalue weighted by Crippen LogP contribution is -2.26. The molecule has 0 saturated heterocycles. The molecule has 10 aromatic rings. The summed E-state index contributed by atoms with van der Waals surface area (Å²) in [4.78, 5) is 28.2. The summed E-state index contributed by atoms with van der Waals surface area (Å²) in [5.41, 5.74) is 12.6. The molecular formula is C55H36N6S. The standard InChI is InChI=1S/C55H36N6S/c1-5-16-35(17-6-1)46-34-47(57-52(56-46)36-18-7-2-8-19-36)44-26-15-25-43-42-30-28-39(33-50(42)62-51(43)44)55-59-53(37-20-9-3-10-21-37)58-54(60-55)38-29-31-49-45(32-38)41-24-13-14-27-48(41)61(49)40-22-11-4-12-23-40/h1-26,28-34,48H,27H2. The van der Waals surface area contributed by atoms with Gasteiger partial charge in [0.05, 0.1) is 17.4 Å². The molecule has 1 aliphatic carbocycles. The van der Waals surface area contributed by atoms with Crippen LogP contribution in [-0.4, -0.2) is 31.0 Å². The number of hydrogen-bond donors (Lipinski definition) is 0. The van der Waals surface area contributed by atoms with Gasteiger partial charge in [0.1, 0.15) is 0 Å². The van der Waals surface area contributed by atoms with Gasteiger partial charge in [-0.05, 0) is 54.5 Å². The molecule has 4 heterocycles. The van der Waals surface area contributed by atoms with E-state index in [-0.39, 0.29) is 6.04 Å². The van der Waals surface area contributed by atoms with E-state index >= 15 is 0 Å². The van der Waals surface area contributed by atoms with Gasteiger partial charge < -0.3 is 4.90 Å². The molecule has 0 spiro atoms. The van der Waals surface area contributed by atoms with Crippen LogP contribution in [0.15, 0.2) is 200 Å². The van der Waals surface area contributed by atoms with E-state index in [2.05, 4.69) is 151 Å². The van der Waals surface area contributed by atoms with Gasteiger partial charge in [0.25, 0.3) is 0 Å². The van der Waals surface area contributed by atoms with Crippen molar-refractivity contribution in [2.75, 3.05) is 4.90 Å². The van der Waals surface area contributed by atoms with Crippen molar-refractivity contribution in [3.8, 4) is 68.1 Å². The number of aromatic nitrogens is 5. The lowest BCUT2D eigenvalue weighted by Gasteiger charge is -2.28.